The second kappa shape index (κ2) is 6.40. The molecule has 23 heavy (non-hydrogen) atoms. The fourth-order valence-corrected chi connectivity index (χ4v) is 5.14. The summed E-state index contributed by atoms with van der Waals surface area (Å²) in [5.74, 6) is -0.399. The number of carbonyl (C=O) groups excluding carboxylic acids is 1. The predicted molar refractivity (Wildman–Crippen MR) is 86.4 cm³/mol. The molecule has 3 rings (SSSR count). The fraction of sp³-hybridized carbons (Fsp3) is 0.562. The second-order valence-corrected chi connectivity index (χ2v) is 9.06. The van der Waals surface area contributed by atoms with Crippen LogP contribution >= 0.6 is 11.6 Å². The van der Waals surface area contributed by atoms with Crippen LogP contribution in [-0.2, 0) is 21.2 Å². The van der Waals surface area contributed by atoms with Gasteiger partial charge in [0.15, 0.2) is 9.84 Å². The molecule has 4 nitrogen and oxygen atoms in total. The largest absolute Gasteiger partial charge is 0.335 e. The van der Waals surface area contributed by atoms with Gasteiger partial charge in [-0.3, -0.25) is 4.79 Å². The molecule has 1 aliphatic carbocycles. The Morgan fingerprint density at radius 3 is 2.61 bits per heavy atom. The van der Waals surface area contributed by atoms with Gasteiger partial charge >= 0.3 is 0 Å². The van der Waals surface area contributed by atoms with Gasteiger partial charge in [-0.25, -0.2) is 12.8 Å². The number of rotatable bonds is 5. The molecule has 0 spiro atoms. The minimum absolute atomic E-state index is 0.0811. The molecule has 1 saturated carbocycles. The predicted octanol–water partition coefficient (Wildman–Crippen LogP) is 2.79. The normalized spacial score (nSPS) is 23.0. The zero-order chi connectivity index (χ0) is 16.6. The van der Waals surface area contributed by atoms with Crippen LogP contribution in [0.25, 0.3) is 0 Å². The summed E-state index contributed by atoms with van der Waals surface area (Å²) >= 11 is 6.05. The Hall–Kier alpha value is -1.14. The van der Waals surface area contributed by atoms with Crippen LogP contribution in [0, 0.1) is 11.7 Å². The van der Waals surface area contributed by atoms with E-state index in [2.05, 4.69) is 0 Å². The third-order valence-electron chi connectivity index (χ3n) is 4.49. The summed E-state index contributed by atoms with van der Waals surface area (Å²) in [4.78, 5) is 14.2. The highest BCUT2D eigenvalue weighted by atomic mass is 35.5. The number of sulfone groups is 1. The number of carbonyl (C=O) groups is 1. The molecule has 1 amide bonds. The molecule has 1 atom stereocenters. The van der Waals surface area contributed by atoms with Crippen molar-refractivity contribution < 1.29 is 17.6 Å². The van der Waals surface area contributed by atoms with Crippen molar-refractivity contribution in [2.75, 3.05) is 11.5 Å². The lowest BCUT2D eigenvalue weighted by atomic mass is 10.0. The highest BCUT2D eigenvalue weighted by molar-refractivity contribution is 7.91. The van der Waals surface area contributed by atoms with Gasteiger partial charge in [-0.05, 0) is 37.3 Å². The van der Waals surface area contributed by atoms with Gasteiger partial charge in [0, 0.05) is 23.0 Å². The number of hydrogen-bond acceptors (Lipinski definition) is 3. The molecule has 0 N–H and O–H groups in total. The smallest absolute Gasteiger partial charge is 0.223 e. The van der Waals surface area contributed by atoms with Gasteiger partial charge in [0.2, 0.25) is 5.91 Å². The van der Waals surface area contributed by atoms with E-state index in [9.17, 15) is 17.6 Å². The van der Waals surface area contributed by atoms with Crippen LogP contribution in [0.3, 0.4) is 0 Å². The van der Waals surface area contributed by atoms with Crippen molar-refractivity contribution in [3.05, 3.63) is 34.6 Å². The van der Waals surface area contributed by atoms with E-state index in [1.807, 2.05) is 0 Å². The van der Waals surface area contributed by atoms with Crippen molar-refractivity contribution in [1.29, 1.82) is 0 Å². The summed E-state index contributed by atoms with van der Waals surface area (Å²) in [5, 5.41) is 0.312. The quantitative estimate of drug-likeness (QED) is 0.812. The lowest BCUT2D eigenvalue weighted by Gasteiger charge is -2.24. The van der Waals surface area contributed by atoms with E-state index in [1.54, 1.807) is 11.0 Å². The van der Waals surface area contributed by atoms with Gasteiger partial charge in [-0.15, -0.1) is 0 Å². The Morgan fingerprint density at radius 2 is 2.04 bits per heavy atom. The van der Waals surface area contributed by atoms with Crippen molar-refractivity contribution >= 4 is 27.3 Å². The summed E-state index contributed by atoms with van der Waals surface area (Å²) in [7, 11) is -3.00. The molecule has 7 heteroatoms. The Labute approximate surface area is 140 Å². The highest BCUT2D eigenvalue weighted by Gasteiger charge is 2.36. The number of hydrogen-bond donors (Lipinski definition) is 0. The lowest BCUT2D eigenvalue weighted by Crippen LogP contribution is -2.34. The maximum absolute atomic E-state index is 14.0. The number of nitrogens with zero attached hydrogens (tertiary/aromatic N) is 1. The third kappa shape index (κ3) is 4.04. The molecular formula is C16H19ClFNO3S. The molecule has 2 aliphatic rings. The maximum atomic E-state index is 14.0. The molecular weight excluding hydrogens is 341 g/mol. The monoisotopic (exact) mass is 359 g/mol. The Morgan fingerprint density at radius 1 is 1.30 bits per heavy atom. The SMILES string of the molecule is O=C(C[C@H]1CCS(=O)(=O)C1)N(Cc1c(F)cccc1Cl)C1CC1. The highest BCUT2D eigenvalue weighted by Crippen LogP contribution is 2.32. The lowest BCUT2D eigenvalue weighted by molar-refractivity contribution is -0.133. The fourth-order valence-electron chi connectivity index (χ4n) is 3.06. The van der Waals surface area contributed by atoms with Crippen LogP contribution in [0.2, 0.25) is 5.02 Å². The van der Waals surface area contributed by atoms with E-state index in [0.717, 1.165) is 12.8 Å². The van der Waals surface area contributed by atoms with Gasteiger partial charge in [0.25, 0.3) is 0 Å². The first-order valence-electron chi connectivity index (χ1n) is 7.78. The molecule has 1 saturated heterocycles. The summed E-state index contributed by atoms with van der Waals surface area (Å²) < 4.78 is 37.0. The molecule has 0 radical (unpaired) electrons. The van der Waals surface area contributed by atoms with Crippen molar-refractivity contribution in [1.82, 2.24) is 4.90 Å². The minimum atomic E-state index is -3.00. The van der Waals surface area contributed by atoms with Crippen molar-refractivity contribution in [3.63, 3.8) is 0 Å². The van der Waals surface area contributed by atoms with Crippen molar-refractivity contribution in [2.45, 2.75) is 38.3 Å². The van der Waals surface area contributed by atoms with Gasteiger partial charge in [0.1, 0.15) is 5.82 Å². The van der Waals surface area contributed by atoms with E-state index < -0.39 is 15.7 Å². The molecule has 1 aliphatic heterocycles. The molecule has 0 unspecified atom stereocenters. The van der Waals surface area contributed by atoms with Crippen LogP contribution in [-0.4, -0.2) is 36.8 Å². The number of halogens is 2. The van der Waals surface area contributed by atoms with E-state index in [4.69, 9.17) is 11.6 Å². The molecule has 2 fully saturated rings. The van der Waals surface area contributed by atoms with E-state index >= 15 is 0 Å². The van der Waals surface area contributed by atoms with Crippen molar-refractivity contribution in [3.8, 4) is 0 Å². The molecule has 0 bridgehead atoms. The summed E-state index contributed by atoms with van der Waals surface area (Å²) in [6, 6.07) is 4.60. The van der Waals surface area contributed by atoms with Crippen molar-refractivity contribution in [2.24, 2.45) is 5.92 Å². The van der Waals surface area contributed by atoms with Gasteiger partial charge in [-0.2, -0.15) is 0 Å². The topological polar surface area (TPSA) is 54.5 Å². The van der Waals surface area contributed by atoms with Crippen LogP contribution in [0.5, 0.6) is 0 Å². The number of benzene rings is 1. The van der Waals surface area contributed by atoms with E-state index in [-0.39, 0.29) is 42.3 Å². The summed E-state index contributed by atoms with van der Waals surface area (Å²) in [5.41, 5.74) is 0.327. The Balaban J connectivity index is 1.71. The summed E-state index contributed by atoms with van der Waals surface area (Å²) in [6.07, 6.45) is 2.55. The summed E-state index contributed by atoms with van der Waals surface area (Å²) in [6.45, 7) is 0.147. The van der Waals surface area contributed by atoms with Crippen LogP contribution in [0.4, 0.5) is 4.39 Å². The minimum Gasteiger partial charge on any atom is -0.335 e. The Kier molecular flexibility index (Phi) is 4.65. The first kappa shape index (κ1) is 16.7. The van der Waals surface area contributed by atoms with E-state index in [1.165, 1.54) is 12.1 Å². The molecule has 1 aromatic rings. The molecule has 126 valence electrons. The maximum Gasteiger partial charge on any atom is 0.223 e. The van der Waals surface area contributed by atoms with Gasteiger partial charge in [-0.1, -0.05) is 17.7 Å². The number of amides is 1. The average Bonchev–Trinajstić information content (AvgIpc) is 3.23. The zero-order valence-electron chi connectivity index (χ0n) is 12.7. The van der Waals surface area contributed by atoms with Crippen LogP contribution < -0.4 is 0 Å². The average molecular weight is 360 g/mol. The van der Waals surface area contributed by atoms with E-state index in [0.29, 0.717) is 17.0 Å². The Bertz CT molecular complexity index is 698. The zero-order valence-corrected chi connectivity index (χ0v) is 14.2. The van der Waals surface area contributed by atoms with Crippen LogP contribution in [0.15, 0.2) is 18.2 Å². The first-order chi connectivity index (χ1) is 10.9. The third-order valence-corrected chi connectivity index (χ3v) is 6.68. The standard InChI is InChI=1S/C16H19ClFNO3S/c17-14-2-1-3-15(18)13(14)9-19(12-4-5-12)16(20)8-11-6-7-23(21,22)10-11/h1-3,11-12H,4-10H2/t11-/m1/s1. The molecule has 0 aromatic heterocycles. The van der Waals surface area contributed by atoms with Crippen LogP contribution in [0.1, 0.15) is 31.2 Å². The second-order valence-electron chi connectivity index (χ2n) is 6.43. The molecule has 1 heterocycles. The van der Waals surface area contributed by atoms with Gasteiger partial charge in [0.05, 0.1) is 18.1 Å². The first-order valence-corrected chi connectivity index (χ1v) is 9.98. The van der Waals surface area contributed by atoms with Gasteiger partial charge < -0.3 is 4.90 Å². The molecule has 1 aromatic carbocycles.